The Kier molecular flexibility index (Phi) is 4.80. The number of rotatable bonds is 0. The Labute approximate surface area is 116 Å². The second-order valence-corrected chi connectivity index (χ2v) is 5.10. The van der Waals surface area contributed by atoms with E-state index in [1.165, 1.54) is 16.8 Å². The molecule has 1 saturated heterocycles. The topological polar surface area (TPSA) is 15.3 Å². The summed E-state index contributed by atoms with van der Waals surface area (Å²) in [7, 11) is 0. The number of anilines is 1. The zero-order valence-corrected chi connectivity index (χ0v) is 12.0. The van der Waals surface area contributed by atoms with Gasteiger partial charge in [0.15, 0.2) is 0 Å². The summed E-state index contributed by atoms with van der Waals surface area (Å²) in [5.41, 5.74) is 4.40. The maximum absolute atomic E-state index is 3.49. The van der Waals surface area contributed by atoms with Crippen molar-refractivity contribution >= 4 is 5.69 Å². The van der Waals surface area contributed by atoms with Gasteiger partial charge in [-0.1, -0.05) is 35.9 Å². The molecule has 1 aromatic carbocycles. The van der Waals surface area contributed by atoms with Gasteiger partial charge in [0.05, 0.1) is 6.04 Å². The Balaban J connectivity index is 0.000000408. The van der Waals surface area contributed by atoms with Crippen LogP contribution in [-0.2, 0) is 6.42 Å². The van der Waals surface area contributed by atoms with Crippen molar-refractivity contribution in [2.24, 2.45) is 0 Å². The standard InChI is InChI=1S/C14H18N2.C3H6/c1-11-6-7-12-4-2-3-5-13(12)16-9-8-15-10-14(11)16;1-3-2/h2-6,14-15H,7-10H2,1H3;3H,1H2,2H3. The molecule has 2 aliphatic rings. The average Bonchev–Trinajstić information content (AvgIpc) is 2.59. The molecule has 0 amide bonds. The van der Waals surface area contributed by atoms with E-state index in [1.807, 2.05) is 6.92 Å². The minimum absolute atomic E-state index is 0.553. The Bertz CT molecular complexity index is 462. The van der Waals surface area contributed by atoms with Gasteiger partial charge in [0.2, 0.25) is 0 Å². The Morgan fingerprint density at radius 2 is 2.11 bits per heavy atom. The minimum Gasteiger partial charge on any atom is -0.362 e. The molecule has 2 heterocycles. The van der Waals surface area contributed by atoms with Crippen LogP contribution in [0.2, 0.25) is 0 Å². The molecule has 2 aliphatic heterocycles. The molecular formula is C17H24N2. The summed E-state index contributed by atoms with van der Waals surface area (Å²) in [4.78, 5) is 2.56. The van der Waals surface area contributed by atoms with E-state index in [0.717, 1.165) is 26.1 Å². The highest BCUT2D eigenvalue weighted by molar-refractivity contribution is 5.58. The van der Waals surface area contributed by atoms with E-state index >= 15 is 0 Å². The lowest BCUT2D eigenvalue weighted by molar-refractivity contribution is 0.516. The van der Waals surface area contributed by atoms with Gasteiger partial charge in [0, 0.05) is 25.3 Å². The highest BCUT2D eigenvalue weighted by Gasteiger charge is 2.26. The van der Waals surface area contributed by atoms with E-state index in [2.05, 4.69) is 54.1 Å². The van der Waals surface area contributed by atoms with Gasteiger partial charge >= 0.3 is 0 Å². The second kappa shape index (κ2) is 6.58. The first-order valence-electron chi connectivity index (χ1n) is 7.07. The van der Waals surface area contributed by atoms with Crippen molar-refractivity contribution in [1.82, 2.24) is 5.32 Å². The number of benzene rings is 1. The molecule has 1 atom stereocenters. The van der Waals surface area contributed by atoms with E-state index in [-0.39, 0.29) is 0 Å². The van der Waals surface area contributed by atoms with E-state index < -0.39 is 0 Å². The summed E-state index contributed by atoms with van der Waals surface area (Å²) in [5, 5.41) is 3.49. The molecule has 102 valence electrons. The van der Waals surface area contributed by atoms with Crippen LogP contribution in [-0.4, -0.2) is 25.7 Å². The van der Waals surface area contributed by atoms with Crippen LogP contribution < -0.4 is 10.2 Å². The van der Waals surface area contributed by atoms with Crippen LogP contribution in [0.3, 0.4) is 0 Å². The van der Waals surface area contributed by atoms with Crippen LogP contribution in [0.15, 0.2) is 48.6 Å². The monoisotopic (exact) mass is 256 g/mol. The van der Waals surface area contributed by atoms with Crippen molar-refractivity contribution in [3.05, 3.63) is 54.1 Å². The van der Waals surface area contributed by atoms with Gasteiger partial charge in [-0.05, 0) is 31.9 Å². The van der Waals surface area contributed by atoms with E-state index in [0.29, 0.717) is 6.04 Å². The molecule has 0 aliphatic carbocycles. The maximum Gasteiger partial charge on any atom is 0.0625 e. The van der Waals surface area contributed by atoms with Crippen LogP contribution in [0.1, 0.15) is 19.4 Å². The summed E-state index contributed by atoms with van der Waals surface area (Å²) in [5.74, 6) is 0. The SMILES string of the molecule is C=CC.CC1=CCc2ccccc2N2CCNCC12. The smallest absolute Gasteiger partial charge is 0.0625 e. The normalized spacial score (nSPS) is 21.1. The molecule has 19 heavy (non-hydrogen) atoms. The summed E-state index contributed by atoms with van der Waals surface area (Å²) < 4.78 is 0. The van der Waals surface area contributed by atoms with E-state index in [1.54, 1.807) is 6.08 Å². The van der Waals surface area contributed by atoms with Crippen LogP contribution in [0.25, 0.3) is 0 Å². The molecule has 0 aromatic heterocycles. The summed E-state index contributed by atoms with van der Waals surface area (Å²) in [6, 6.07) is 9.37. The van der Waals surface area contributed by atoms with E-state index in [4.69, 9.17) is 0 Å². The first-order chi connectivity index (χ1) is 9.27. The molecule has 2 heteroatoms. The molecular weight excluding hydrogens is 232 g/mol. The number of hydrogen-bond acceptors (Lipinski definition) is 2. The van der Waals surface area contributed by atoms with Gasteiger partial charge < -0.3 is 10.2 Å². The van der Waals surface area contributed by atoms with Crippen LogP contribution in [0.5, 0.6) is 0 Å². The lowest BCUT2D eigenvalue weighted by Crippen LogP contribution is -2.51. The van der Waals surface area contributed by atoms with Crippen LogP contribution >= 0.6 is 0 Å². The number of nitrogens with zero attached hydrogens (tertiary/aromatic N) is 1. The summed E-state index contributed by atoms with van der Waals surface area (Å²) in [6.07, 6.45) is 5.21. The lowest BCUT2D eigenvalue weighted by Gasteiger charge is -2.38. The van der Waals surface area contributed by atoms with Gasteiger partial charge in [-0.25, -0.2) is 0 Å². The zero-order chi connectivity index (χ0) is 13.7. The number of allylic oxidation sites excluding steroid dienone is 2. The Hall–Kier alpha value is -1.54. The third kappa shape index (κ3) is 3.07. The molecule has 0 bridgehead atoms. The fraction of sp³-hybridized carbons (Fsp3) is 0.412. The third-order valence-corrected chi connectivity index (χ3v) is 3.71. The largest absolute Gasteiger partial charge is 0.362 e. The van der Waals surface area contributed by atoms with Crippen molar-refractivity contribution in [1.29, 1.82) is 0 Å². The van der Waals surface area contributed by atoms with Crippen LogP contribution in [0.4, 0.5) is 5.69 Å². The fourth-order valence-corrected chi connectivity index (χ4v) is 2.77. The summed E-state index contributed by atoms with van der Waals surface area (Å²) >= 11 is 0. The van der Waals surface area contributed by atoms with Gasteiger partial charge in [0.25, 0.3) is 0 Å². The van der Waals surface area contributed by atoms with Gasteiger partial charge in [0.1, 0.15) is 0 Å². The predicted molar refractivity (Wildman–Crippen MR) is 83.8 cm³/mol. The quantitative estimate of drug-likeness (QED) is 0.717. The molecule has 0 spiro atoms. The number of nitrogens with one attached hydrogen (secondary N) is 1. The first-order valence-corrected chi connectivity index (χ1v) is 7.07. The van der Waals surface area contributed by atoms with E-state index in [9.17, 15) is 0 Å². The Morgan fingerprint density at radius 3 is 2.89 bits per heavy atom. The van der Waals surface area contributed by atoms with Gasteiger partial charge in [-0.3, -0.25) is 0 Å². The highest BCUT2D eigenvalue weighted by atomic mass is 15.2. The van der Waals surface area contributed by atoms with Crippen LogP contribution in [0, 0.1) is 0 Å². The molecule has 1 unspecified atom stereocenters. The summed E-state index contributed by atoms with van der Waals surface area (Å²) in [6.45, 7) is 10.8. The number of piperazine rings is 1. The highest BCUT2D eigenvalue weighted by Crippen LogP contribution is 2.29. The maximum atomic E-state index is 3.49. The fourth-order valence-electron chi connectivity index (χ4n) is 2.77. The Morgan fingerprint density at radius 1 is 1.37 bits per heavy atom. The first kappa shape index (κ1) is 13.9. The second-order valence-electron chi connectivity index (χ2n) is 5.10. The van der Waals surface area contributed by atoms with Gasteiger partial charge in [-0.2, -0.15) is 0 Å². The molecule has 0 radical (unpaired) electrons. The lowest BCUT2D eigenvalue weighted by atomic mass is 10.1. The third-order valence-electron chi connectivity index (χ3n) is 3.71. The van der Waals surface area contributed by atoms with Crippen molar-refractivity contribution in [2.45, 2.75) is 26.3 Å². The molecule has 2 nitrogen and oxygen atoms in total. The number of fused-ring (bicyclic) bond motifs is 3. The van der Waals surface area contributed by atoms with Crippen molar-refractivity contribution in [3.63, 3.8) is 0 Å². The molecule has 0 saturated carbocycles. The molecule has 1 N–H and O–H groups in total. The molecule has 3 rings (SSSR count). The molecule has 1 aromatic rings. The van der Waals surface area contributed by atoms with Crippen molar-refractivity contribution < 1.29 is 0 Å². The average molecular weight is 256 g/mol. The zero-order valence-electron chi connectivity index (χ0n) is 12.0. The minimum atomic E-state index is 0.553. The predicted octanol–water partition coefficient (Wildman–Crippen LogP) is 3.16. The molecule has 1 fully saturated rings. The number of hydrogen-bond donors (Lipinski definition) is 1. The van der Waals surface area contributed by atoms with Crippen molar-refractivity contribution in [3.8, 4) is 0 Å². The van der Waals surface area contributed by atoms with Gasteiger partial charge in [-0.15, -0.1) is 6.58 Å². The number of para-hydroxylation sites is 1. The van der Waals surface area contributed by atoms with Crippen molar-refractivity contribution in [2.75, 3.05) is 24.5 Å².